The minimum Gasteiger partial charge on any atom is -0.356 e. The maximum atomic E-state index is 11.3. The molecule has 0 unspecified atom stereocenters. The SMILES string of the molecule is CCS(=O)(=O)NCCNC(=NC)NCC(C)(C)c1cccs1.I. The number of thiophene rings is 1. The first-order valence-corrected chi connectivity index (χ1v) is 9.80. The molecule has 0 bridgehead atoms. The Morgan fingerprint density at radius 2 is 2.00 bits per heavy atom. The van der Waals surface area contributed by atoms with Crippen molar-refractivity contribution in [3.63, 3.8) is 0 Å². The Labute approximate surface area is 160 Å². The third-order valence-corrected chi connectivity index (χ3v) is 5.87. The van der Waals surface area contributed by atoms with Crippen LogP contribution in [0.2, 0.25) is 0 Å². The van der Waals surface area contributed by atoms with Gasteiger partial charge in [-0.1, -0.05) is 19.9 Å². The molecule has 0 fully saturated rings. The standard InChI is InChI=1S/C14H26N4O2S2.HI/c1-5-22(19,20)18-9-8-16-13(15-4)17-11-14(2,3)12-7-6-10-21-12;/h6-7,10,18H,5,8-9,11H2,1-4H3,(H2,15,16,17);1H. The van der Waals surface area contributed by atoms with E-state index in [4.69, 9.17) is 0 Å². The quantitative estimate of drug-likeness (QED) is 0.232. The van der Waals surface area contributed by atoms with Crippen molar-refractivity contribution in [2.24, 2.45) is 4.99 Å². The van der Waals surface area contributed by atoms with Gasteiger partial charge in [-0.15, -0.1) is 35.3 Å². The Morgan fingerprint density at radius 3 is 2.52 bits per heavy atom. The number of hydrogen-bond donors (Lipinski definition) is 3. The maximum absolute atomic E-state index is 11.3. The highest BCUT2D eigenvalue weighted by Gasteiger charge is 2.21. The van der Waals surface area contributed by atoms with Crippen LogP contribution in [0, 0.1) is 0 Å². The second kappa shape index (κ2) is 10.5. The van der Waals surface area contributed by atoms with Crippen LogP contribution in [-0.2, 0) is 15.4 Å². The molecule has 0 saturated carbocycles. The summed E-state index contributed by atoms with van der Waals surface area (Å²) >= 11 is 1.74. The summed E-state index contributed by atoms with van der Waals surface area (Å²) in [4.78, 5) is 5.46. The zero-order valence-corrected chi connectivity index (χ0v) is 18.0. The third-order valence-electron chi connectivity index (χ3n) is 3.23. The second-order valence-corrected chi connectivity index (χ2v) is 8.55. The van der Waals surface area contributed by atoms with Crippen LogP contribution in [0.1, 0.15) is 25.6 Å². The summed E-state index contributed by atoms with van der Waals surface area (Å²) < 4.78 is 25.1. The van der Waals surface area contributed by atoms with Crippen molar-refractivity contribution in [2.75, 3.05) is 32.4 Å². The summed E-state index contributed by atoms with van der Waals surface area (Å²) in [5.41, 5.74) is 0.00951. The topological polar surface area (TPSA) is 82.6 Å². The summed E-state index contributed by atoms with van der Waals surface area (Å²) in [6, 6.07) is 4.18. The first kappa shape index (κ1) is 22.6. The fraction of sp³-hybridized carbons (Fsp3) is 0.643. The monoisotopic (exact) mass is 474 g/mol. The predicted molar refractivity (Wildman–Crippen MR) is 110 cm³/mol. The van der Waals surface area contributed by atoms with Crippen LogP contribution >= 0.6 is 35.3 Å². The largest absolute Gasteiger partial charge is 0.356 e. The molecule has 0 saturated heterocycles. The minimum atomic E-state index is -3.14. The van der Waals surface area contributed by atoms with Crippen molar-refractivity contribution in [1.82, 2.24) is 15.4 Å². The van der Waals surface area contributed by atoms with Gasteiger partial charge in [0.1, 0.15) is 0 Å². The smallest absolute Gasteiger partial charge is 0.211 e. The number of nitrogens with one attached hydrogen (secondary N) is 3. The molecule has 23 heavy (non-hydrogen) atoms. The van der Waals surface area contributed by atoms with Gasteiger partial charge in [-0.3, -0.25) is 4.99 Å². The molecule has 0 radical (unpaired) electrons. The fourth-order valence-electron chi connectivity index (χ4n) is 1.77. The average Bonchev–Trinajstić information content (AvgIpc) is 3.01. The first-order chi connectivity index (χ1) is 10.3. The van der Waals surface area contributed by atoms with E-state index in [0.717, 1.165) is 6.54 Å². The van der Waals surface area contributed by atoms with Crippen LogP contribution in [-0.4, -0.2) is 46.8 Å². The summed E-state index contributed by atoms with van der Waals surface area (Å²) in [6.45, 7) is 7.53. The van der Waals surface area contributed by atoms with Gasteiger partial charge in [0, 0.05) is 37.0 Å². The van der Waals surface area contributed by atoms with E-state index in [2.05, 4.69) is 51.7 Å². The number of guanidine groups is 1. The van der Waals surface area contributed by atoms with Gasteiger partial charge in [0.25, 0.3) is 0 Å². The highest BCUT2D eigenvalue weighted by atomic mass is 127. The van der Waals surface area contributed by atoms with E-state index >= 15 is 0 Å². The molecule has 0 amide bonds. The van der Waals surface area contributed by atoms with E-state index in [1.165, 1.54) is 4.88 Å². The molecule has 9 heteroatoms. The maximum Gasteiger partial charge on any atom is 0.211 e. The molecule has 0 spiro atoms. The van der Waals surface area contributed by atoms with Crippen LogP contribution in [0.25, 0.3) is 0 Å². The van der Waals surface area contributed by atoms with Crippen molar-refractivity contribution in [3.8, 4) is 0 Å². The van der Waals surface area contributed by atoms with E-state index in [1.807, 2.05) is 0 Å². The molecule has 1 aromatic rings. The van der Waals surface area contributed by atoms with Gasteiger partial charge in [-0.05, 0) is 18.4 Å². The van der Waals surface area contributed by atoms with E-state index < -0.39 is 10.0 Å². The number of sulfonamides is 1. The summed E-state index contributed by atoms with van der Waals surface area (Å²) in [7, 11) is -1.44. The molecule has 0 aromatic carbocycles. The Kier molecular flexibility index (Phi) is 10.3. The van der Waals surface area contributed by atoms with Crippen molar-refractivity contribution >= 4 is 51.3 Å². The number of nitrogens with zero attached hydrogens (tertiary/aromatic N) is 1. The van der Waals surface area contributed by atoms with Crippen LogP contribution in [0.5, 0.6) is 0 Å². The molecule has 3 N–H and O–H groups in total. The van der Waals surface area contributed by atoms with E-state index in [0.29, 0.717) is 19.0 Å². The number of halogens is 1. The van der Waals surface area contributed by atoms with Gasteiger partial charge >= 0.3 is 0 Å². The summed E-state index contributed by atoms with van der Waals surface area (Å²) in [6.07, 6.45) is 0. The molecule has 0 aliphatic heterocycles. The molecule has 0 aliphatic carbocycles. The Balaban J connectivity index is 0.00000484. The molecule has 1 aromatic heterocycles. The van der Waals surface area contributed by atoms with Crippen molar-refractivity contribution in [3.05, 3.63) is 22.4 Å². The number of hydrogen-bond acceptors (Lipinski definition) is 4. The molecular weight excluding hydrogens is 447 g/mol. The van der Waals surface area contributed by atoms with Crippen molar-refractivity contribution in [2.45, 2.75) is 26.2 Å². The van der Waals surface area contributed by atoms with Crippen LogP contribution < -0.4 is 15.4 Å². The van der Waals surface area contributed by atoms with Gasteiger partial charge in [-0.25, -0.2) is 13.1 Å². The van der Waals surface area contributed by atoms with Gasteiger partial charge in [0.15, 0.2) is 5.96 Å². The molecule has 1 heterocycles. The van der Waals surface area contributed by atoms with Crippen LogP contribution in [0.15, 0.2) is 22.5 Å². The van der Waals surface area contributed by atoms with Gasteiger partial charge in [0.05, 0.1) is 5.75 Å². The van der Waals surface area contributed by atoms with Gasteiger partial charge < -0.3 is 10.6 Å². The van der Waals surface area contributed by atoms with Gasteiger partial charge in [0.2, 0.25) is 10.0 Å². The van der Waals surface area contributed by atoms with Crippen LogP contribution in [0.3, 0.4) is 0 Å². The Bertz CT molecular complexity index is 572. The molecular formula is C14H27IN4O2S2. The fourth-order valence-corrected chi connectivity index (χ4v) is 3.23. The van der Waals surface area contributed by atoms with E-state index in [9.17, 15) is 8.42 Å². The zero-order valence-electron chi connectivity index (χ0n) is 14.0. The lowest BCUT2D eigenvalue weighted by Gasteiger charge is -2.25. The highest BCUT2D eigenvalue weighted by molar-refractivity contribution is 14.0. The highest BCUT2D eigenvalue weighted by Crippen LogP contribution is 2.26. The lowest BCUT2D eigenvalue weighted by molar-refractivity contribution is 0.518. The molecule has 0 aliphatic rings. The lowest BCUT2D eigenvalue weighted by Crippen LogP contribution is -2.45. The molecule has 134 valence electrons. The van der Waals surface area contributed by atoms with Gasteiger partial charge in [-0.2, -0.15) is 0 Å². The predicted octanol–water partition coefficient (Wildman–Crippen LogP) is 1.75. The second-order valence-electron chi connectivity index (χ2n) is 5.51. The first-order valence-electron chi connectivity index (χ1n) is 7.26. The summed E-state index contributed by atoms with van der Waals surface area (Å²) in [5, 5.41) is 8.45. The normalized spacial score (nSPS) is 12.6. The average molecular weight is 474 g/mol. The van der Waals surface area contributed by atoms with E-state index in [1.54, 1.807) is 25.3 Å². The third kappa shape index (κ3) is 8.32. The zero-order chi connectivity index (χ0) is 16.6. The Hall–Kier alpha value is -0.390. The van der Waals surface area contributed by atoms with Crippen molar-refractivity contribution < 1.29 is 8.42 Å². The number of aliphatic imine (C=N–C) groups is 1. The Morgan fingerprint density at radius 1 is 1.30 bits per heavy atom. The number of rotatable bonds is 8. The lowest BCUT2D eigenvalue weighted by atomic mass is 9.91. The molecule has 0 atom stereocenters. The minimum absolute atomic E-state index is 0. The molecule has 1 rings (SSSR count). The van der Waals surface area contributed by atoms with Crippen LogP contribution in [0.4, 0.5) is 0 Å². The van der Waals surface area contributed by atoms with E-state index in [-0.39, 0.29) is 35.1 Å². The van der Waals surface area contributed by atoms with Crippen molar-refractivity contribution in [1.29, 1.82) is 0 Å². The molecule has 6 nitrogen and oxygen atoms in total. The summed E-state index contributed by atoms with van der Waals surface area (Å²) in [5.74, 6) is 0.759.